The number of allylic oxidation sites excluding steroid dienone is 9. The first-order chi connectivity index (χ1) is 34.7. The average molecular weight is 1000 g/mol. The average Bonchev–Trinajstić information content (AvgIpc) is 3.37. The molecule has 1 aliphatic rings. The number of carbonyl (C=O) groups excluding carboxylic acids is 2. The number of amides is 1. The monoisotopic (exact) mass is 1000 g/mol. The first kappa shape index (κ1) is 66.4. The van der Waals surface area contributed by atoms with Gasteiger partial charge in [-0.2, -0.15) is 0 Å². The van der Waals surface area contributed by atoms with Crippen molar-refractivity contribution in [2.24, 2.45) is 0 Å². The lowest BCUT2D eigenvalue weighted by Gasteiger charge is -2.41. The van der Waals surface area contributed by atoms with Gasteiger partial charge < -0.3 is 45.1 Å². The van der Waals surface area contributed by atoms with Crippen LogP contribution in [0.5, 0.6) is 0 Å². The largest absolute Gasteiger partial charge is 0.454 e. The Balaban J connectivity index is 2.68. The van der Waals surface area contributed by atoms with Gasteiger partial charge in [0.05, 0.1) is 25.4 Å². The summed E-state index contributed by atoms with van der Waals surface area (Å²) in [5, 5.41) is 56.7. The molecule has 0 spiro atoms. The van der Waals surface area contributed by atoms with Gasteiger partial charge in [0.15, 0.2) is 12.4 Å². The zero-order valence-corrected chi connectivity index (χ0v) is 45.3. The highest BCUT2D eigenvalue weighted by Gasteiger charge is 2.47. The van der Waals surface area contributed by atoms with E-state index in [4.69, 9.17) is 14.2 Å². The van der Waals surface area contributed by atoms with Crippen LogP contribution in [0.25, 0.3) is 0 Å². The zero-order chi connectivity index (χ0) is 51.8. The molecular weight excluding hydrogens is 895 g/mol. The lowest BCUT2D eigenvalue weighted by Crippen LogP contribution is -2.61. The van der Waals surface area contributed by atoms with Crippen molar-refractivity contribution in [1.82, 2.24) is 5.32 Å². The highest BCUT2D eigenvalue weighted by Crippen LogP contribution is 2.26. The van der Waals surface area contributed by atoms with Gasteiger partial charge in [-0.25, -0.2) is 0 Å². The molecule has 0 saturated carbocycles. The minimum Gasteiger partial charge on any atom is -0.454 e. The fourth-order valence-electron chi connectivity index (χ4n) is 8.75. The molecule has 1 aliphatic heterocycles. The van der Waals surface area contributed by atoms with Crippen molar-refractivity contribution in [3.8, 4) is 0 Å². The highest BCUT2D eigenvalue weighted by molar-refractivity contribution is 5.80. The van der Waals surface area contributed by atoms with Crippen LogP contribution in [0.3, 0.4) is 0 Å². The van der Waals surface area contributed by atoms with Gasteiger partial charge in [0.2, 0.25) is 5.91 Å². The van der Waals surface area contributed by atoms with Gasteiger partial charge in [0, 0.05) is 6.42 Å². The zero-order valence-electron chi connectivity index (χ0n) is 45.3. The van der Waals surface area contributed by atoms with Crippen molar-refractivity contribution in [3.63, 3.8) is 0 Å². The van der Waals surface area contributed by atoms with E-state index in [9.17, 15) is 35.1 Å². The molecule has 412 valence electrons. The normalized spacial score (nSPS) is 20.0. The molecule has 0 aromatic carbocycles. The summed E-state index contributed by atoms with van der Waals surface area (Å²) in [7, 11) is 0. The molecular formula is C60H107NO10. The summed E-state index contributed by atoms with van der Waals surface area (Å²) in [5.74, 6) is -1.21. The van der Waals surface area contributed by atoms with Crippen molar-refractivity contribution in [2.45, 2.75) is 294 Å². The molecule has 8 unspecified atom stereocenters. The third-order valence-electron chi connectivity index (χ3n) is 13.4. The predicted molar refractivity (Wildman–Crippen MR) is 292 cm³/mol. The summed E-state index contributed by atoms with van der Waals surface area (Å²) >= 11 is 0. The van der Waals surface area contributed by atoms with Crippen LogP contribution < -0.4 is 5.32 Å². The number of esters is 1. The molecule has 71 heavy (non-hydrogen) atoms. The molecule has 0 radical (unpaired) electrons. The first-order valence-electron chi connectivity index (χ1n) is 29.1. The van der Waals surface area contributed by atoms with Crippen LogP contribution >= 0.6 is 0 Å². The number of aliphatic hydroxyl groups is 5. The van der Waals surface area contributed by atoms with E-state index in [0.717, 1.165) is 89.9 Å². The second-order valence-electron chi connectivity index (χ2n) is 20.0. The predicted octanol–water partition coefficient (Wildman–Crippen LogP) is 13.1. The van der Waals surface area contributed by atoms with Crippen LogP contribution in [0, 0.1) is 0 Å². The number of nitrogens with one attached hydrogen (secondary N) is 1. The smallest absolute Gasteiger partial charge is 0.306 e. The van der Waals surface area contributed by atoms with Gasteiger partial charge in [-0.05, 0) is 70.6 Å². The molecule has 1 saturated heterocycles. The van der Waals surface area contributed by atoms with Crippen molar-refractivity contribution in [1.29, 1.82) is 0 Å². The van der Waals surface area contributed by atoms with E-state index in [2.05, 4.69) is 74.7 Å². The maximum absolute atomic E-state index is 13.3. The van der Waals surface area contributed by atoms with Gasteiger partial charge in [-0.1, -0.05) is 229 Å². The second kappa shape index (κ2) is 48.3. The molecule has 11 heteroatoms. The summed E-state index contributed by atoms with van der Waals surface area (Å²) in [5.41, 5.74) is 0. The van der Waals surface area contributed by atoms with E-state index in [1.165, 1.54) is 109 Å². The molecule has 1 amide bonds. The molecule has 0 aromatic heterocycles. The Morgan fingerprint density at radius 2 is 0.972 bits per heavy atom. The van der Waals surface area contributed by atoms with Gasteiger partial charge in [-0.15, -0.1) is 0 Å². The standard InChI is InChI=1S/C60H107NO10/c1-4-7-10-13-16-19-22-23-24-25-26-27-28-29-30-31-33-36-39-42-45-48-55(65)71-58-57(67)56(66)54(49-62)70-60(58)69-50-51(52(63)46-43-40-37-35-32-20-17-14-11-8-5-2)61-59(68)53(64)47-44-41-38-34-21-18-15-12-9-6-3/h16,19,23-24,26-27,29-30,43,46,51-54,56-58,60,62-64,66-67H,4-15,17-18,20-22,25,28,31-42,44-45,47-50H2,1-3H3,(H,61,68)/b19-16-,24-23-,27-26-,30-29-,46-43+. The van der Waals surface area contributed by atoms with E-state index in [1.54, 1.807) is 6.08 Å². The molecule has 0 aliphatic carbocycles. The van der Waals surface area contributed by atoms with E-state index in [1.807, 2.05) is 6.08 Å². The fourth-order valence-corrected chi connectivity index (χ4v) is 8.75. The van der Waals surface area contributed by atoms with Gasteiger partial charge in [0.25, 0.3) is 0 Å². The van der Waals surface area contributed by atoms with Crippen LogP contribution in [-0.4, -0.2) is 99.6 Å². The summed E-state index contributed by atoms with van der Waals surface area (Å²) in [6.45, 7) is 5.71. The molecule has 0 bridgehead atoms. The third-order valence-corrected chi connectivity index (χ3v) is 13.4. The quantitative estimate of drug-likeness (QED) is 0.0196. The summed E-state index contributed by atoms with van der Waals surface area (Å²) in [6, 6.07) is -1.02. The molecule has 1 heterocycles. The minimum absolute atomic E-state index is 0.102. The highest BCUT2D eigenvalue weighted by atomic mass is 16.7. The Labute approximate surface area is 433 Å². The lowest BCUT2D eigenvalue weighted by atomic mass is 9.99. The van der Waals surface area contributed by atoms with E-state index < -0.39 is 67.4 Å². The Bertz CT molecular complexity index is 1380. The Hall–Kier alpha value is -2.64. The van der Waals surface area contributed by atoms with Crippen LogP contribution in [0.1, 0.15) is 245 Å². The number of hydrogen-bond donors (Lipinski definition) is 6. The van der Waals surface area contributed by atoms with Crippen molar-refractivity contribution in [2.75, 3.05) is 13.2 Å². The van der Waals surface area contributed by atoms with Crippen molar-refractivity contribution >= 4 is 11.9 Å². The van der Waals surface area contributed by atoms with E-state index in [0.29, 0.717) is 19.3 Å². The number of aliphatic hydroxyl groups excluding tert-OH is 5. The number of rotatable bonds is 48. The summed E-state index contributed by atoms with van der Waals surface area (Å²) < 4.78 is 17.5. The Morgan fingerprint density at radius 1 is 0.549 bits per heavy atom. The molecule has 6 N–H and O–H groups in total. The lowest BCUT2D eigenvalue weighted by molar-refractivity contribution is -0.305. The Morgan fingerprint density at radius 3 is 1.48 bits per heavy atom. The maximum atomic E-state index is 13.3. The SMILES string of the molecule is CCCCC/C=C\C/C=C\C/C=C\C/C=C\CCCCCCCC(=O)OC1C(OCC(NC(=O)C(O)CCCCCCCCCCCC)C(O)/C=C/CCCCCCCCCCC)OC(CO)C(O)C1O. The summed E-state index contributed by atoms with van der Waals surface area (Å²) in [4.78, 5) is 26.4. The van der Waals surface area contributed by atoms with E-state index in [-0.39, 0.29) is 13.0 Å². The second-order valence-corrected chi connectivity index (χ2v) is 20.0. The van der Waals surface area contributed by atoms with Gasteiger partial charge in [-0.3, -0.25) is 9.59 Å². The van der Waals surface area contributed by atoms with Crippen LogP contribution in [0.2, 0.25) is 0 Å². The topological polar surface area (TPSA) is 175 Å². The number of unbranched alkanes of at least 4 members (excludes halogenated alkanes) is 26. The molecule has 11 nitrogen and oxygen atoms in total. The van der Waals surface area contributed by atoms with Gasteiger partial charge >= 0.3 is 5.97 Å². The number of ether oxygens (including phenoxy) is 3. The molecule has 1 fully saturated rings. The Kier molecular flexibility index (Phi) is 45.2. The van der Waals surface area contributed by atoms with E-state index >= 15 is 0 Å². The molecule has 1 rings (SSSR count). The van der Waals surface area contributed by atoms with Crippen LogP contribution in [0.15, 0.2) is 60.8 Å². The van der Waals surface area contributed by atoms with Crippen molar-refractivity contribution < 1.29 is 49.3 Å². The van der Waals surface area contributed by atoms with Crippen LogP contribution in [0.4, 0.5) is 0 Å². The molecule has 8 atom stereocenters. The minimum atomic E-state index is -1.62. The third kappa shape index (κ3) is 36.9. The van der Waals surface area contributed by atoms with Crippen LogP contribution in [-0.2, 0) is 23.8 Å². The number of carbonyl (C=O) groups is 2. The number of hydrogen-bond acceptors (Lipinski definition) is 10. The maximum Gasteiger partial charge on any atom is 0.306 e. The first-order valence-corrected chi connectivity index (χ1v) is 29.1. The van der Waals surface area contributed by atoms with Crippen molar-refractivity contribution in [3.05, 3.63) is 60.8 Å². The van der Waals surface area contributed by atoms with Gasteiger partial charge in [0.1, 0.15) is 24.4 Å². The molecule has 0 aromatic rings. The fraction of sp³-hybridized carbons (Fsp3) is 0.800. The summed E-state index contributed by atoms with van der Waals surface area (Å²) in [6.07, 6.45) is 48.4.